The first-order valence-corrected chi connectivity index (χ1v) is 9.23. The van der Waals surface area contributed by atoms with E-state index in [-0.39, 0.29) is 5.91 Å². The molecule has 3 aromatic heterocycles. The van der Waals surface area contributed by atoms with Gasteiger partial charge in [-0.25, -0.2) is 9.97 Å². The second-order valence-electron chi connectivity index (χ2n) is 6.87. The van der Waals surface area contributed by atoms with E-state index in [1.807, 2.05) is 11.4 Å². The van der Waals surface area contributed by atoms with Gasteiger partial charge in [-0.2, -0.15) is 0 Å². The first-order valence-electron chi connectivity index (χ1n) is 8.35. The van der Waals surface area contributed by atoms with Gasteiger partial charge in [0.2, 0.25) is 0 Å². The molecule has 4 N–H and O–H groups in total. The standard InChI is InChI=1S/C17H16N4O5S/c1-17(25)12(23)9(5-22)26-16(17)21-4-8-7-2-3-27-11(7)15(24)20-13-10(8)14(21)19-6-18-13/h2-4,6,9,12,16,22-23,25H,5H2,1H3,(H,18,19,20,24)/t9-,12-,16?,17-/m1/s1. The second-order valence-corrected chi connectivity index (χ2v) is 7.78. The molecule has 5 heterocycles. The largest absolute Gasteiger partial charge is 0.394 e. The van der Waals surface area contributed by atoms with Crippen LogP contribution in [0.25, 0.3) is 22.2 Å². The second kappa shape index (κ2) is 5.57. The molecular formula is C17H16N4O5S. The number of aromatic nitrogens is 3. The predicted molar refractivity (Wildman–Crippen MR) is 96.4 cm³/mol. The van der Waals surface area contributed by atoms with E-state index in [1.165, 1.54) is 24.6 Å². The number of hydrogen-bond donors (Lipinski definition) is 4. The zero-order valence-electron chi connectivity index (χ0n) is 14.2. The number of ether oxygens (including phenoxy) is 1. The molecule has 140 valence electrons. The molecule has 1 fully saturated rings. The van der Waals surface area contributed by atoms with Crippen molar-refractivity contribution in [1.29, 1.82) is 0 Å². The lowest BCUT2D eigenvalue weighted by Gasteiger charge is -2.27. The third-order valence-corrected chi connectivity index (χ3v) is 6.10. The lowest BCUT2D eigenvalue weighted by Crippen LogP contribution is -2.44. The van der Waals surface area contributed by atoms with Crippen molar-refractivity contribution in [1.82, 2.24) is 14.5 Å². The number of rotatable bonds is 2. The number of amides is 1. The number of fused-ring (bicyclic) bond motifs is 2. The first kappa shape index (κ1) is 16.8. The van der Waals surface area contributed by atoms with E-state index in [0.29, 0.717) is 21.7 Å². The van der Waals surface area contributed by atoms with Crippen molar-refractivity contribution in [3.63, 3.8) is 0 Å². The average Bonchev–Trinajstić information content (AvgIpc) is 3.29. The van der Waals surface area contributed by atoms with Crippen LogP contribution in [0, 0.1) is 0 Å². The molecule has 1 unspecified atom stereocenters. The molecule has 5 rings (SSSR count). The summed E-state index contributed by atoms with van der Waals surface area (Å²) in [4.78, 5) is 21.5. The van der Waals surface area contributed by atoms with E-state index in [1.54, 1.807) is 10.8 Å². The van der Waals surface area contributed by atoms with Crippen LogP contribution in [0.3, 0.4) is 0 Å². The number of thiophene rings is 1. The summed E-state index contributed by atoms with van der Waals surface area (Å²) >= 11 is 1.32. The van der Waals surface area contributed by atoms with Gasteiger partial charge in [0.1, 0.15) is 40.5 Å². The van der Waals surface area contributed by atoms with Crippen LogP contribution in [0.15, 0.2) is 24.0 Å². The molecular weight excluding hydrogens is 372 g/mol. The Morgan fingerprint density at radius 3 is 2.96 bits per heavy atom. The van der Waals surface area contributed by atoms with Crippen LogP contribution in [0.2, 0.25) is 0 Å². The lowest BCUT2D eigenvalue weighted by atomic mass is 9.96. The highest BCUT2D eigenvalue weighted by Gasteiger charge is 2.53. The van der Waals surface area contributed by atoms with Crippen molar-refractivity contribution >= 4 is 34.1 Å². The maximum absolute atomic E-state index is 12.4. The minimum absolute atomic E-state index is 0.234. The Balaban J connectivity index is 1.77. The summed E-state index contributed by atoms with van der Waals surface area (Å²) in [7, 11) is 0. The average molecular weight is 388 g/mol. The van der Waals surface area contributed by atoms with Gasteiger partial charge in [0.05, 0.1) is 12.0 Å². The van der Waals surface area contributed by atoms with Crippen LogP contribution in [0.5, 0.6) is 0 Å². The number of nitrogens with one attached hydrogen (secondary N) is 1. The van der Waals surface area contributed by atoms with E-state index in [9.17, 15) is 20.1 Å². The Morgan fingerprint density at radius 1 is 1.41 bits per heavy atom. The molecule has 3 aromatic rings. The Labute approximate surface area is 156 Å². The van der Waals surface area contributed by atoms with Gasteiger partial charge in [-0.3, -0.25) is 4.79 Å². The van der Waals surface area contributed by atoms with Crippen LogP contribution in [0.4, 0.5) is 5.82 Å². The fourth-order valence-corrected chi connectivity index (χ4v) is 4.62. The summed E-state index contributed by atoms with van der Waals surface area (Å²) < 4.78 is 7.36. The molecule has 1 amide bonds. The molecule has 10 heteroatoms. The summed E-state index contributed by atoms with van der Waals surface area (Å²) in [5.74, 6) is 0.140. The first-order chi connectivity index (χ1) is 12.9. The van der Waals surface area contributed by atoms with E-state index in [4.69, 9.17) is 4.74 Å². The predicted octanol–water partition coefficient (Wildman–Crippen LogP) is 0.727. The number of nitrogens with zero attached hydrogens (tertiary/aromatic N) is 3. The molecule has 0 spiro atoms. The van der Waals surface area contributed by atoms with E-state index in [0.717, 1.165) is 11.1 Å². The van der Waals surface area contributed by atoms with Gasteiger partial charge in [0.25, 0.3) is 5.91 Å². The van der Waals surface area contributed by atoms with Crippen LogP contribution in [0.1, 0.15) is 22.8 Å². The van der Waals surface area contributed by atoms with Crippen molar-refractivity contribution in [3.05, 3.63) is 28.8 Å². The summed E-state index contributed by atoms with van der Waals surface area (Å²) in [6.07, 6.45) is -0.0990. The Morgan fingerprint density at radius 2 is 2.22 bits per heavy atom. The normalized spacial score (nSPS) is 29.6. The topological polar surface area (TPSA) is 130 Å². The Kier molecular flexibility index (Phi) is 3.46. The summed E-state index contributed by atoms with van der Waals surface area (Å²) in [5.41, 5.74) is 0.278. The molecule has 1 saturated heterocycles. The molecule has 0 aromatic carbocycles. The highest BCUT2D eigenvalue weighted by molar-refractivity contribution is 7.12. The molecule has 27 heavy (non-hydrogen) atoms. The quantitative estimate of drug-likeness (QED) is 0.509. The summed E-state index contributed by atoms with van der Waals surface area (Å²) in [5, 5.41) is 35.9. The van der Waals surface area contributed by atoms with Gasteiger partial charge in [-0.15, -0.1) is 11.3 Å². The van der Waals surface area contributed by atoms with Gasteiger partial charge in [-0.1, -0.05) is 0 Å². The highest BCUT2D eigenvalue weighted by atomic mass is 32.1. The van der Waals surface area contributed by atoms with Crippen molar-refractivity contribution in [2.75, 3.05) is 11.9 Å². The van der Waals surface area contributed by atoms with E-state index < -0.39 is 30.6 Å². The van der Waals surface area contributed by atoms with E-state index in [2.05, 4.69) is 15.3 Å². The number of aliphatic hydroxyl groups excluding tert-OH is 2. The highest BCUT2D eigenvalue weighted by Crippen LogP contribution is 2.45. The lowest BCUT2D eigenvalue weighted by molar-refractivity contribution is -0.0948. The maximum atomic E-state index is 12.4. The molecule has 0 bridgehead atoms. The number of hydrogen-bond acceptors (Lipinski definition) is 8. The third kappa shape index (κ3) is 2.15. The van der Waals surface area contributed by atoms with Crippen LogP contribution < -0.4 is 5.32 Å². The number of carbonyl (C=O) groups excluding carboxylic acids is 1. The minimum atomic E-state index is -1.65. The van der Waals surface area contributed by atoms with Gasteiger partial charge < -0.3 is 29.9 Å². The van der Waals surface area contributed by atoms with Crippen molar-refractivity contribution in [2.24, 2.45) is 0 Å². The van der Waals surface area contributed by atoms with Crippen molar-refractivity contribution < 1.29 is 24.9 Å². The summed E-state index contributed by atoms with van der Waals surface area (Å²) in [6, 6.07) is 1.85. The fourth-order valence-electron chi connectivity index (χ4n) is 3.81. The van der Waals surface area contributed by atoms with Gasteiger partial charge in [-0.05, 0) is 18.4 Å². The van der Waals surface area contributed by atoms with Gasteiger partial charge >= 0.3 is 0 Å². The van der Waals surface area contributed by atoms with Gasteiger partial charge in [0.15, 0.2) is 6.23 Å². The smallest absolute Gasteiger partial charge is 0.267 e. The summed E-state index contributed by atoms with van der Waals surface area (Å²) in [6.45, 7) is 1.03. The van der Waals surface area contributed by atoms with Crippen LogP contribution >= 0.6 is 11.3 Å². The monoisotopic (exact) mass is 388 g/mol. The maximum Gasteiger partial charge on any atom is 0.267 e. The third-order valence-electron chi connectivity index (χ3n) is 5.19. The fraction of sp³-hybridized carbons (Fsp3) is 0.353. The Bertz CT molecular complexity index is 1070. The number of carbonyl (C=O) groups is 1. The SMILES string of the molecule is C[C@]1(O)C(n2cc3c4c(ncnc42)NC(=O)c2sccc2-3)O[C@H](CO)[C@H]1O. The molecule has 0 aliphatic carbocycles. The number of aliphatic hydroxyl groups is 3. The Hall–Kier alpha value is -2.37. The molecule has 0 radical (unpaired) electrons. The van der Waals surface area contributed by atoms with E-state index >= 15 is 0 Å². The number of anilines is 1. The molecule has 2 aliphatic rings. The zero-order chi connectivity index (χ0) is 18.9. The molecule has 0 saturated carbocycles. The molecule has 2 aliphatic heterocycles. The van der Waals surface area contributed by atoms with Crippen molar-refractivity contribution in [2.45, 2.75) is 31.0 Å². The van der Waals surface area contributed by atoms with Crippen LogP contribution in [-0.4, -0.2) is 60.2 Å². The molecule has 4 atom stereocenters. The zero-order valence-corrected chi connectivity index (χ0v) is 15.0. The molecule has 9 nitrogen and oxygen atoms in total. The minimum Gasteiger partial charge on any atom is -0.394 e. The van der Waals surface area contributed by atoms with Crippen molar-refractivity contribution in [3.8, 4) is 11.1 Å². The van der Waals surface area contributed by atoms with Crippen LogP contribution in [-0.2, 0) is 4.74 Å². The van der Waals surface area contributed by atoms with Gasteiger partial charge in [0, 0.05) is 17.3 Å².